The second-order valence-electron chi connectivity index (χ2n) is 6.90. The zero-order valence-corrected chi connectivity index (χ0v) is 14.1. The first kappa shape index (κ1) is 17.0. The van der Waals surface area contributed by atoms with Gasteiger partial charge in [-0.2, -0.15) is 0 Å². The Balaban J connectivity index is 2.64. The van der Waals surface area contributed by atoms with Crippen molar-refractivity contribution in [1.29, 1.82) is 0 Å². The molecule has 0 saturated heterocycles. The van der Waals surface area contributed by atoms with Crippen LogP contribution in [0.1, 0.15) is 51.2 Å². The van der Waals surface area contributed by atoms with Gasteiger partial charge in [-0.3, -0.25) is 0 Å². The van der Waals surface area contributed by atoms with Crippen LogP contribution < -0.4 is 4.74 Å². The van der Waals surface area contributed by atoms with E-state index in [1.807, 2.05) is 19.9 Å². The highest BCUT2D eigenvalue weighted by Crippen LogP contribution is 2.58. The summed E-state index contributed by atoms with van der Waals surface area (Å²) in [5, 5.41) is 11.7. The van der Waals surface area contributed by atoms with Gasteiger partial charge in [-0.25, -0.2) is 4.39 Å². The number of allylic oxidation sites excluding steroid dienone is 1. The number of hydrogen-bond acceptors (Lipinski definition) is 2. The first-order valence-corrected chi connectivity index (χ1v) is 8.02. The first-order valence-electron chi connectivity index (χ1n) is 8.02. The number of methoxy groups -OCH3 is 1. The number of ether oxygens (including phenoxy) is 1. The van der Waals surface area contributed by atoms with E-state index >= 15 is 0 Å². The lowest BCUT2D eigenvalue weighted by atomic mass is 9.66. The van der Waals surface area contributed by atoms with Crippen molar-refractivity contribution in [2.45, 2.75) is 52.1 Å². The summed E-state index contributed by atoms with van der Waals surface area (Å²) >= 11 is 0. The van der Waals surface area contributed by atoms with E-state index in [2.05, 4.69) is 13.5 Å². The Kier molecular flexibility index (Phi) is 4.67. The molecule has 2 unspecified atom stereocenters. The van der Waals surface area contributed by atoms with Gasteiger partial charge in [-0.1, -0.05) is 33.3 Å². The SMILES string of the molecule is C=CCCC(CC)C1(O)c2c(OC)ccc(F)c2CC1(C)C. The van der Waals surface area contributed by atoms with Crippen molar-refractivity contribution in [3.05, 3.63) is 41.7 Å². The normalized spacial score (nSPS) is 23.9. The van der Waals surface area contributed by atoms with Crippen molar-refractivity contribution in [3.8, 4) is 5.75 Å². The maximum absolute atomic E-state index is 14.3. The van der Waals surface area contributed by atoms with Crippen molar-refractivity contribution < 1.29 is 14.2 Å². The van der Waals surface area contributed by atoms with Crippen LogP contribution in [0, 0.1) is 17.2 Å². The third-order valence-corrected chi connectivity index (χ3v) is 5.27. The molecule has 2 atom stereocenters. The fourth-order valence-electron chi connectivity index (χ4n) is 4.06. The van der Waals surface area contributed by atoms with Crippen molar-refractivity contribution in [3.63, 3.8) is 0 Å². The molecule has 1 aliphatic carbocycles. The Hall–Kier alpha value is -1.35. The van der Waals surface area contributed by atoms with Gasteiger partial charge in [0.2, 0.25) is 0 Å². The summed E-state index contributed by atoms with van der Waals surface area (Å²) in [5.41, 5.74) is -0.278. The van der Waals surface area contributed by atoms with Crippen LogP contribution in [0.15, 0.2) is 24.8 Å². The van der Waals surface area contributed by atoms with Crippen LogP contribution in [0.25, 0.3) is 0 Å². The van der Waals surface area contributed by atoms with Crippen molar-refractivity contribution >= 4 is 0 Å². The number of rotatable bonds is 6. The molecule has 1 aromatic rings. The monoisotopic (exact) mass is 306 g/mol. The molecule has 0 aromatic heterocycles. The molecule has 1 aliphatic rings. The summed E-state index contributed by atoms with van der Waals surface area (Å²) in [6, 6.07) is 3.06. The van der Waals surface area contributed by atoms with Crippen LogP contribution in [0.4, 0.5) is 4.39 Å². The minimum Gasteiger partial charge on any atom is -0.496 e. The van der Waals surface area contributed by atoms with Gasteiger partial charge in [0.15, 0.2) is 0 Å². The van der Waals surface area contributed by atoms with Crippen LogP contribution in [0.3, 0.4) is 0 Å². The average Bonchev–Trinajstić information content (AvgIpc) is 2.70. The highest BCUT2D eigenvalue weighted by atomic mass is 19.1. The molecule has 0 radical (unpaired) electrons. The van der Waals surface area contributed by atoms with Gasteiger partial charge in [0.1, 0.15) is 17.2 Å². The Morgan fingerprint density at radius 3 is 2.68 bits per heavy atom. The second kappa shape index (κ2) is 6.04. The molecule has 1 N–H and O–H groups in total. The van der Waals surface area contributed by atoms with Crippen molar-refractivity contribution in [2.75, 3.05) is 7.11 Å². The van der Waals surface area contributed by atoms with Crippen LogP contribution in [-0.2, 0) is 12.0 Å². The van der Waals surface area contributed by atoms with Crippen LogP contribution in [-0.4, -0.2) is 12.2 Å². The number of hydrogen-bond donors (Lipinski definition) is 1. The third-order valence-electron chi connectivity index (χ3n) is 5.27. The fourth-order valence-corrected chi connectivity index (χ4v) is 4.06. The maximum atomic E-state index is 14.3. The number of benzene rings is 1. The predicted octanol–water partition coefficient (Wildman–Crippen LogP) is 4.60. The van der Waals surface area contributed by atoms with Gasteiger partial charge in [-0.05, 0) is 42.9 Å². The summed E-state index contributed by atoms with van der Waals surface area (Å²) < 4.78 is 19.8. The van der Waals surface area contributed by atoms with E-state index < -0.39 is 11.0 Å². The smallest absolute Gasteiger partial charge is 0.127 e. The van der Waals surface area contributed by atoms with E-state index in [4.69, 9.17) is 4.74 Å². The van der Waals surface area contributed by atoms with Gasteiger partial charge in [0.25, 0.3) is 0 Å². The van der Waals surface area contributed by atoms with E-state index in [0.29, 0.717) is 23.3 Å². The van der Waals surface area contributed by atoms with Gasteiger partial charge in [-0.15, -0.1) is 6.58 Å². The molecule has 2 nitrogen and oxygen atoms in total. The van der Waals surface area contributed by atoms with E-state index in [9.17, 15) is 9.50 Å². The molecule has 0 spiro atoms. The molecule has 2 rings (SSSR count). The summed E-state index contributed by atoms with van der Waals surface area (Å²) in [4.78, 5) is 0. The van der Waals surface area contributed by atoms with Crippen LogP contribution >= 0.6 is 0 Å². The van der Waals surface area contributed by atoms with Gasteiger partial charge >= 0.3 is 0 Å². The summed E-state index contributed by atoms with van der Waals surface area (Å²) in [5.74, 6) is 0.373. The van der Waals surface area contributed by atoms with Crippen molar-refractivity contribution in [1.82, 2.24) is 0 Å². The zero-order chi connectivity index (χ0) is 16.5. The molecule has 0 fully saturated rings. The largest absolute Gasteiger partial charge is 0.496 e. The number of aliphatic hydroxyl groups is 1. The predicted molar refractivity (Wildman–Crippen MR) is 87.5 cm³/mol. The lowest BCUT2D eigenvalue weighted by molar-refractivity contribution is -0.112. The maximum Gasteiger partial charge on any atom is 0.127 e. The van der Waals surface area contributed by atoms with Gasteiger partial charge in [0.05, 0.1) is 7.11 Å². The molecular formula is C19H27FO2. The molecule has 0 saturated carbocycles. The molecule has 122 valence electrons. The fraction of sp³-hybridized carbons (Fsp3) is 0.579. The standard InChI is InChI=1S/C19H27FO2/c1-6-8-9-13(7-2)19(21)17-14(12-18(19,3)4)15(20)10-11-16(17)22-5/h6,10-11,13,21H,1,7-9,12H2,2-5H3. The lowest BCUT2D eigenvalue weighted by Gasteiger charge is -2.44. The second-order valence-corrected chi connectivity index (χ2v) is 6.90. The third kappa shape index (κ3) is 2.36. The molecule has 0 amide bonds. The van der Waals surface area contributed by atoms with E-state index in [1.54, 1.807) is 13.2 Å². The molecule has 3 heteroatoms. The summed E-state index contributed by atoms with van der Waals surface area (Å²) in [6.07, 6.45) is 4.89. The lowest BCUT2D eigenvalue weighted by Crippen LogP contribution is -2.45. The Bertz CT molecular complexity index is 565. The zero-order valence-electron chi connectivity index (χ0n) is 14.1. The highest BCUT2D eigenvalue weighted by molar-refractivity contribution is 5.51. The van der Waals surface area contributed by atoms with Crippen LogP contribution in [0.5, 0.6) is 5.75 Å². The molecular weight excluding hydrogens is 279 g/mol. The van der Waals surface area contributed by atoms with E-state index in [0.717, 1.165) is 19.3 Å². The molecule has 0 heterocycles. The summed E-state index contributed by atoms with van der Waals surface area (Å²) in [6.45, 7) is 9.89. The summed E-state index contributed by atoms with van der Waals surface area (Å²) in [7, 11) is 1.57. The Morgan fingerprint density at radius 2 is 2.14 bits per heavy atom. The molecule has 0 aliphatic heterocycles. The highest BCUT2D eigenvalue weighted by Gasteiger charge is 2.57. The molecule has 0 bridgehead atoms. The van der Waals surface area contributed by atoms with Crippen molar-refractivity contribution in [2.24, 2.45) is 11.3 Å². The number of halogens is 1. The molecule has 22 heavy (non-hydrogen) atoms. The van der Waals surface area contributed by atoms with Gasteiger partial charge in [0, 0.05) is 11.0 Å². The Labute approximate surface area is 133 Å². The minimum atomic E-state index is -1.09. The minimum absolute atomic E-state index is 0.0393. The quantitative estimate of drug-likeness (QED) is 0.779. The topological polar surface area (TPSA) is 29.5 Å². The average molecular weight is 306 g/mol. The first-order chi connectivity index (χ1) is 10.3. The number of fused-ring (bicyclic) bond motifs is 1. The van der Waals surface area contributed by atoms with E-state index in [1.165, 1.54) is 6.07 Å². The van der Waals surface area contributed by atoms with Crippen LogP contribution in [0.2, 0.25) is 0 Å². The Morgan fingerprint density at radius 1 is 1.45 bits per heavy atom. The van der Waals surface area contributed by atoms with E-state index in [-0.39, 0.29) is 11.7 Å². The van der Waals surface area contributed by atoms with Gasteiger partial charge < -0.3 is 9.84 Å². The molecule has 1 aromatic carbocycles.